The van der Waals surface area contributed by atoms with Crippen molar-refractivity contribution >= 4 is 12.1 Å². The average molecular weight is 336 g/mol. The van der Waals surface area contributed by atoms with Gasteiger partial charge < -0.3 is 4.74 Å². The van der Waals surface area contributed by atoms with E-state index in [0.29, 0.717) is 5.75 Å². The number of nitrogens with zero attached hydrogens (tertiary/aromatic N) is 1. The number of hydrogen-bond acceptors (Lipinski definition) is 3. The van der Waals surface area contributed by atoms with Gasteiger partial charge in [0.1, 0.15) is 5.75 Å². The van der Waals surface area contributed by atoms with Crippen LogP contribution in [0.3, 0.4) is 0 Å². The van der Waals surface area contributed by atoms with Crippen LogP contribution in [-0.4, -0.2) is 18.7 Å². The molecule has 126 valence electrons. The average Bonchev–Trinajstić information content (AvgIpc) is 2.54. The normalized spacial score (nSPS) is 11.5. The van der Waals surface area contributed by atoms with E-state index in [-0.39, 0.29) is 12.2 Å². The van der Waals surface area contributed by atoms with E-state index in [1.54, 1.807) is 12.1 Å². The highest BCUT2D eigenvalue weighted by Gasteiger charge is 2.30. The second-order valence-electron chi connectivity index (χ2n) is 4.97. The molecule has 2 aromatic rings. The van der Waals surface area contributed by atoms with Gasteiger partial charge in [0.25, 0.3) is 5.91 Å². The Labute approximate surface area is 137 Å². The van der Waals surface area contributed by atoms with E-state index >= 15 is 0 Å². The molecule has 0 saturated heterocycles. The molecular weight excluding hydrogens is 321 g/mol. The molecular formula is C17H15F3N2O2. The van der Waals surface area contributed by atoms with E-state index in [0.717, 1.165) is 23.9 Å². The second-order valence-corrected chi connectivity index (χ2v) is 4.97. The fourth-order valence-electron chi connectivity index (χ4n) is 1.87. The van der Waals surface area contributed by atoms with Gasteiger partial charge in [-0.2, -0.15) is 18.3 Å². The molecule has 0 bridgehead atoms. The van der Waals surface area contributed by atoms with Crippen molar-refractivity contribution < 1.29 is 22.7 Å². The molecule has 0 radical (unpaired) electrons. The summed E-state index contributed by atoms with van der Waals surface area (Å²) in [6.45, 7) is 1.60. The Balaban J connectivity index is 1.88. The number of benzene rings is 2. The van der Waals surface area contributed by atoms with E-state index in [1.165, 1.54) is 12.1 Å². The molecule has 2 rings (SSSR count). The first-order valence-corrected chi connectivity index (χ1v) is 7.04. The molecule has 0 spiro atoms. The van der Waals surface area contributed by atoms with E-state index < -0.39 is 17.6 Å². The molecule has 0 fully saturated rings. The Kier molecular flexibility index (Phi) is 5.57. The first-order chi connectivity index (χ1) is 11.4. The molecule has 0 saturated carbocycles. The van der Waals surface area contributed by atoms with Crippen LogP contribution in [0.4, 0.5) is 13.2 Å². The van der Waals surface area contributed by atoms with Gasteiger partial charge in [0.05, 0.1) is 11.8 Å². The molecule has 0 aliphatic carbocycles. The highest BCUT2D eigenvalue weighted by atomic mass is 19.4. The van der Waals surface area contributed by atoms with E-state index in [2.05, 4.69) is 10.5 Å². The van der Waals surface area contributed by atoms with Gasteiger partial charge in [0, 0.05) is 0 Å². The Morgan fingerprint density at radius 1 is 1.21 bits per heavy atom. The number of aryl methyl sites for hydroxylation is 1. The maximum Gasteiger partial charge on any atom is 0.416 e. The highest BCUT2D eigenvalue weighted by molar-refractivity contribution is 5.83. The summed E-state index contributed by atoms with van der Waals surface area (Å²) < 4.78 is 43.1. The van der Waals surface area contributed by atoms with Gasteiger partial charge in [-0.3, -0.25) is 4.79 Å². The third-order valence-corrected chi connectivity index (χ3v) is 3.07. The summed E-state index contributed by atoms with van der Waals surface area (Å²) in [6.07, 6.45) is -3.28. The lowest BCUT2D eigenvalue weighted by Gasteiger charge is -2.07. The molecule has 24 heavy (non-hydrogen) atoms. The van der Waals surface area contributed by atoms with Crippen LogP contribution >= 0.6 is 0 Å². The van der Waals surface area contributed by atoms with Gasteiger partial charge in [0.15, 0.2) is 6.61 Å². The molecule has 0 atom stereocenters. The minimum Gasteiger partial charge on any atom is -0.483 e. The summed E-state index contributed by atoms with van der Waals surface area (Å²) >= 11 is 0. The van der Waals surface area contributed by atoms with Gasteiger partial charge in [-0.15, -0.1) is 0 Å². The lowest BCUT2D eigenvalue weighted by molar-refractivity contribution is -0.137. The first-order valence-electron chi connectivity index (χ1n) is 7.04. The van der Waals surface area contributed by atoms with Crippen molar-refractivity contribution in [1.82, 2.24) is 5.43 Å². The molecule has 1 N–H and O–H groups in total. The summed E-state index contributed by atoms with van der Waals surface area (Å²) in [4.78, 5) is 11.6. The molecule has 0 aromatic heterocycles. The van der Waals surface area contributed by atoms with Crippen LogP contribution < -0.4 is 10.2 Å². The number of carbonyl (C=O) groups is 1. The summed E-state index contributed by atoms with van der Waals surface area (Å²) in [5.41, 5.74) is 2.54. The van der Waals surface area contributed by atoms with E-state index in [9.17, 15) is 18.0 Å². The van der Waals surface area contributed by atoms with Gasteiger partial charge in [-0.25, -0.2) is 5.43 Å². The van der Waals surface area contributed by atoms with Gasteiger partial charge in [0.2, 0.25) is 0 Å². The van der Waals surface area contributed by atoms with Crippen molar-refractivity contribution in [2.45, 2.75) is 13.1 Å². The molecule has 4 nitrogen and oxygen atoms in total. The largest absolute Gasteiger partial charge is 0.483 e. The number of hydrazone groups is 1. The van der Waals surface area contributed by atoms with Crippen LogP contribution in [0.1, 0.15) is 16.7 Å². The highest BCUT2D eigenvalue weighted by Crippen LogP contribution is 2.29. The van der Waals surface area contributed by atoms with Crippen molar-refractivity contribution in [3.05, 3.63) is 65.2 Å². The summed E-state index contributed by atoms with van der Waals surface area (Å²) in [5.74, 6) is 0.0657. The summed E-state index contributed by atoms with van der Waals surface area (Å²) in [7, 11) is 0. The number of nitrogens with one attached hydrogen (secondary N) is 1. The lowest BCUT2D eigenvalue weighted by atomic mass is 10.1. The third-order valence-electron chi connectivity index (χ3n) is 3.07. The van der Waals surface area contributed by atoms with Gasteiger partial charge >= 0.3 is 6.18 Å². The Bertz CT molecular complexity index is 743. The summed E-state index contributed by atoms with van der Waals surface area (Å²) in [6, 6.07) is 11.8. The van der Waals surface area contributed by atoms with Gasteiger partial charge in [-0.05, 0) is 36.2 Å². The minimum atomic E-state index is -4.42. The van der Waals surface area contributed by atoms with Crippen molar-refractivity contribution in [2.24, 2.45) is 5.10 Å². The smallest absolute Gasteiger partial charge is 0.416 e. The maximum absolute atomic E-state index is 12.6. The second kappa shape index (κ2) is 7.63. The maximum atomic E-state index is 12.6. The monoisotopic (exact) mass is 336 g/mol. The van der Waals surface area contributed by atoms with Crippen molar-refractivity contribution in [3.63, 3.8) is 0 Å². The molecule has 0 heterocycles. The molecule has 1 amide bonds. The van der Waals surface area contributed by atoms with Crippen LogP contribution in [-0.2, 0) is 11.0 Å². The van der Waals surface area contributed by atoms with Crippen LogP contribution in [0.5, 0.6) is 5.75 Å². The van der Waals surface area contributed by atoms with Crippen LogP contribution in [0.25, 0.3) is 0 Å². The Hall–Kier alpha value is -2.83. The number of para-hydroxylation sites is 1. The fourth-order valence-corrected chi connectivity index (χ4v) is 1.87. The van der Waals surface area contributed by atoms with E-state index in [4.69, 9.17) is 4.74 Å². The topological polar surface area (TPSA) is 50.7 Å². The molecule has 2 aromatic carbocycles. The zero-order chi connectivity index (χ0) is 17.6. The fraction of sp³-hybridized carbons (Fsp3) is 0.176. The Morgan fingerprint density at radius 3 is 2.67 bits per heavy atom. The SMILES string of the molecule is Cc1ccccc1OCC(=O)NN=Cc1cccc(C(F)(F)F)c1. The molecule has 0 aliphatic heterocycles. The van der Waals surface area contributed by atoms with Crippen molar-refractivity contribution in [3.8, 4) is 5.75 Å². The third kappa shape index (κ3) is 5.12. The first kappa shape index (κ1) is 17.5. The molecule has 0 aliphatic rings. The van der Waals surface area contributed by atoms with Crippen LogP contribution in [0.2, 0.25) is 0 Å². The van der Waals surface area contributed by atoms with Crippen molar-refractivity contribution in [1.29, 1.82) is 0 Å². The predicted octanol–water partition coefficient (Wildman–Crippen LogP) is 3.54. The lowest BCUT2D eigenvalue weighted by Crippen LogP contribution is -2.24. The quantitative estimate of drug-likeness (QED) is 0.671. The molecule has 7 heteroatoms. The number of amides is 1. The minimum absolute atomic E-state index is 0.227. The standard InChI is InChI=1S/C17H15F3N2O2/c1-12-5-2-3-8-15(12)24-11-16(23)22-21-10-13-6-4-7-14(9-13)17(18,19)20/h2-10H,11H2,1H3,(H,22,23). The van der Waals surface area contributed by atoms with Crippen molar-refractivity contribution in [2.75, 3.05) is 6.61 Å². The van der Waals surface area contributed by atoms with Crippen LogP contribution in [0, 0.1) is 6.92 Å². The van der Waals surface area contributed by atoms with Crippen LogP contribution in [0.15, 0.2) is 53.6 Å². The summed E-state index contributed by atoms with van der Waals surface area (Å²) in [5, 5.41) is 3.63. The predicted molar refractivity (Wildman–Crippen MR) is 83.9 cm³/mol. The molecule has 0 unspecified atom stereocenters. The zero-order valence-corrected chi connectivity index (χ0v) is 12.8. The number of ether oxygens (including phenoxy) is 1. The Morgan fingerprint density at radius 2 is 1.96 bits per heavy atom. The number of carbonyl (C=O) groups excluding carboxylic acids is 1. The number of hydrogen-bond donors (Lipinski definition) is 1. The number of alkyl halides is 3. The number of rotatable bonds is 5. The number of halogens is 3. The zero-order valence-electron chi connectivity index (χ0n) is 12.8. The van der Waals surface area contributed by atoms with E-state index in [1.807, 2.05) is 19.1 Å². The van der Waals surface area contributed by atoms with Gasteiger partial charge in [-0.1, -0.05) is 30.3 Å².